The normalized spacial score (nSPS) is 12.5. The molecule has 1 unspecified atom stereocenters. The molecule has 0 radical (unpaired) electrons. The first kappa shape index (κ1) is 15.8. The predicted octanol–water partition coefficient (Wildman–Crippen LogP) is 2.47. The van der Waals surface area contributed by atoms with Crippen LogP contribution < -0.4 is 9.47 Å². The molecule has 19 heavy (non-hydrogen) atoms. The van der Waals surface area contributed by atoms with E-state index in [9.17, 15) is 5.11 Å². The second-order valence-corrected chi connectivity index (χ2v) is 4.67. The van der Waals surface area contributed by atoms with Gasteiger partial charge in [0.15, 0.2) is 0 Å². The standard InChI is InChI=1S/C15H25NO3/c1-5-18-12-7-8-15(19-6-2)13(11-12)14(17)9-10-16(3)4/h7-8,11,14,17H,5-6,9-10H2,1-4H3. The molecule has 1 aromatic carbocycles. The Labute approximate surface area is 115 Å². The average molecular weight is 267 g/mol. The quantitative estimate of drug-likeness (QED) is 0.785. The number of hydrogen-bond donors (Lipinski definition) is 1. The molecule has 0 saturated carbocycles. The highest BCUT2D eigenvalue weighted by Gasteiger charge is 2.15. The molecule has 1 N–H and O–H groups in total. The minimum Gasteiger partial charge on any atom is -0.494 e. The van der Waals surface area contributed by atoms with Gasteiger partial charge in [0.25, 0.3) is 0 Å². The molecule has 0 fully saturated rings. The fourth-order valence-electron chi connectivity index (χ4n) is 1.87. The summed E-state index contributed by atoms with van der Waals surface area (Å²) in [6.07, 6.45) is 0.132. The number of benzene rings is 1. The van der Waals surface area contributed by atoms with Gasteiger partial charge in [0.05, 0.1) is 19.3 Å². The van der Waals surface area contributed by atoms with Gasteiger partial charge in [0.2, 0.25) is 0 Å². The first-order valence-electron chi connectivity index (χ1n) is 6.80. The van der Waals surface area contributed by atoms with Crippen LogP contribution in [0.2, 0.25) is 0 Å². The van der Waals surface area contributed by atoms with E-state index in [0.29, 0.717) is 19.6 Å². The Kier molecular flexibility index (Phi) is 6.67. The average Bonchev–Trinajstić information content (AvgIpc) is 2.38. The summed E-state index contributed by atoms with van der Waals surface area (Å²) in [7, 11) is 3.99. The van der Waals surface area contributed by atoms with Gasteiger partial charge in [0.1, 0.15) is 11.5 Å². The van der Waals surface area contributed by atoms with Crippen LogP contribution in [0.1, 0.15) is 31.9 Å². The van der Waals surface area contributed by atoms with Crippen molar-refractivity contribution in [3.05, 3.63) is 23.8 Å². The first-order valence-corrected chi connectivity index (χ1v) is 6.80. The van der Waals surface area contributed by atoms with Gasteiger partial charge in [-0.2, -0.15) is 0 Å². The van der Waals surface area contributed by atoms with Crippen LogP contribution in [0, 0.1) is 0 Å². The molecule has 1 aromatic rings. The van der Waals surface area contributed by atoms with Crippen molar-refractivity contribution >= 4 is 0 Å². The summed E-state index contributed by atoms with van der Waals surface area (Å²) < 4.78 is 11.0. The largest absolute Gasteiger partial charge is 0.494 e. The number of ether oxygens (including phenoxy) is 2. The van der Waals surface area contributed by atoms with Crippen molar-refractivity contribution in [1.29, 1.82) is 0 Å². The minimum absolute atomic E-state index is 0.538. The van der Waals surface area contributed by atoms with Crippen LogP contribution in [0.3, 0.4) is 0 Å². The number of nitrogens with zero attached hydrogens (tertiary/aromatic N) is 1. The summed E-state index contributed by atoms with van der Waals surface area (Å²) in [4.78, 5) is 2.05. The van der Waals surface area contributed by atoms with E-state index in [1.807, 2.05) is 46.1 Å². The van der Waals surface area contributed by atoms with Crippen molar-refractivity contribution in [1.82, 2.24) is 4.90 Å². The topological polar surface area (TPSA) is 41.9 Å². The smallest absolute Gasteiger partial charge is 0.125 e. The lowest BCUT2D eigenvalue weighted by Gasteiger charge is -2.18. The maximum Gasteiger partial charge on any atom is 0.125 e. The number of hydrogen-bond acceptors (Lipinski definition) is 4. The molecule has 4 heteroatoms. The Balaban J connectivity index is 2.88. The molecule has 0 spiro atoms. The van der Waals surface area contributed by atoms with Crippen molar-refractivity contribution < 1.29 is 14.6 Å². The summed E-state index contributed by atoms with van der Waals surface area (Å²) in [5, 5.41) is 10.3. The van der Waals surface area contributed by atoms with Crippen molar-refractivity contribution in [2.75, 3.05) is 33.9 Å². The van der Waals surface area contributed by atoms with E-state index in [2.05, 4.69) is 4.90 Å². The third-order valence-corrected chi connectivity index (χ3v) is 2.80. The second kappa shape index (κ2) is 8.02. The molecule has 4 nitrogen and oxygen atoms in total. The summed E-state index contributed by atoms with van der Waals surface area (Å²) in [5.41, 5.74) is 0.801. The van der Waals surface area contributed by atoms with E-state index in [0.717, 1.165) is 23.6 Å². The summed E-state index contributed by atoms with van der Waals surface area (Å²) in [6, 6.07) is 5.61. The van der Waals surface area contributed by atoms with E-state index in [-0.39, 0.29) is 0 Å². The molecule has 0 bridgehead atoms. The van der Waals surface area contributed by atoms with Crippen LogP contribution >= 0.6 is 0 Å². The maximum atomic E-state index is 10.3. The molecule has 1 atom stereocenters. The number of aliphatic hydroxyl groups is 1. The molecule has 0 aliphatic heterocycles. The lowest BCUT2D eigenvalue weighted by molar-refractivity contribution is 0.149. The van der Waals surface area contributed by atoms with E-state index < -0.39 is 6.10 Å². The van der Waals surface area contributed by atoms with Crippen molar-refractivity contribution in [2.24, 2.45) is 0 Å². The van der Waals surface area contributed by atoms with E-state index in [1.54, 1.807) is 0 Å². The minimum atomic E-state index is -0.538. The van der Waals surface area contributed by atoms with Gasteiger partial charge >= 0.3 is 0 Å². The zero-order valence-corrected chi connectivity index (χ0v) is 12.3. The van der Waals surface area contributed by atoms with Crippen molar-refractivity contribution in [3.8, 4) is 11.5 Å². The Hall–Kier alpha value is -1.26. The zero-order valence-electron chi connectivity index (χ0n) is 12.3. The van der Waals surface area contributed by atoms with Gasteiger partial charge in [-0.3, -0.25) is 0 Å². The Bertz CT molecular complexity index is 380. The Morgan fingerprint density at radius 2 is 1.84 bits per heavy atom. The molecule has 1 rings (SSSR count). The third kappa shape index (κ3) is 5.09. The molecule has 0 saturated heterocycles. The predicted molar refractivity (Wildman–Crippen MR) is 76.9 cm³/mol. The molecule has 0 aromatic heterocycles. The monoisotopic (exact) mass is 267 g/mol. The zero-order chi connectivity index (χ0) is 14.3. The van der Waals surface area contributed by atoms with Crippen LogP contribution in [-0.4, -0.2) is 43.9 Å². The van der Waals surface area contributed by atoms with Crippen molar-refractivity contribution in [3.63, 3.8) is 0 Å². The van der Waals surface area contributed by atoms with Crippen LogP contribution in [0.4, 0.5) is 0 Å². The van der Waals surface area contributed by atoms with Gasteiger partial charge in [-0.05, 0) is 52.6 Å². The van der Waals surface area contributed by atoms with Crippen LogP contribution in [0.15, 0.2) is 18.2 Å². The number of rotatable bonds is 8. The molecular formula is C15H25NO3. The summed E-state index contributed by atoms with van der Waals surface area (Å²) >= 11 is 0. The lowest BCUT2D eigenvalue weighted by Crippen LogP contribution is -2.16. The highest BCUT2D eigenvalue weighted by atomic mass is 16.5. The van der Waals surface area contributed by atoms with Gasteiger partial charge in [0, 0.05) is 12.1 Å². The van der Waals surface area contributed by atoms with Crippen LogP contribution in [0.25, 0.3) is 0 Å². The van der Waals surface area contributed by atoms with Gasteiger partial charge in [-0.25, -0.2) is 0 Å². The summed E-state index contributed by atoms with van der Waals surface area (Å²) in [5.74, 6) is 1.50. The fraction of sp³-hybridized carbons (Fsp3) is 0.600. The lowest BCUT2D eigenvalue weighted by atomic mass is 10.0. The fourth-order valence-corrected chi connectivity index (χ4v) is 1.87. The van der Waals surface area contributed by atoms with Gasteiger partial charge in [-0.15, -0.1) is 0 Å². The van der Waals surface area contributed by atoms with E-state index >= 15 is 0 Å². The van der Waals surface area contributed by atoms with Gasteiger partial charge in [-0.1, -0.05) is 0 Å². The number of aliphatic hydroxyl groups excluding tert-OH is 1. The van der Waals surface area contributed by atoms with E-state index in [1.165, 1.54) is 0 Å². The molecule has 108 valence electrons. The maximum absolute atomic E-state index is 10.3. The first-order chi connectivity index (χ1) is 9.08. The van der Waals surface area contributed by atoms with Crippen LogP contribution in [0.5, 0.6) is 11.5 Å². The Morgan fingerprint density at radius 1 is 1.16 bits per heavy atom. The molecule has 0 aliphatic rings. The molecular weight excluding hydrogens is 242 g/mol. The molecule has 0 aliphatic carbocycles. The van der Waals surface area contributed by atoms with Gasteiger partial charge < -0.3 is 19.5 Å². The second-order valence-electron chi connectivity index (χ2n) is 4.67. The molecule has 0 amide bonds. The highest BCUT2D eigenvalue weighted by molar-refractivity contribution is 5.41. The third-order valence-electron chi connectivity index (χ3n) is 2.80. The van der Waals surface area contributed by atoms with Crippen molar-refractivity contribution in [2.45, 2.75) is 26.4 Å². The highest BCUT2D eigenvalue weighted by Crippen LogP contribution is 2.31. The molecule has 0 heterocycles. The SMILES string of the molecule is CCOc1ccc(OCC)c(C(O)CCN(C)C)c1. The van der Waals surface area contributed by atoms with Crippen LogP contribution in [-0.2, 0) is 0 Å². The van der Waals surface area contributed by atoms with E-state index in [4.69, 9.17) is 9.47 Å². The Morgan fingerprint density at radius 3 is 2.42 bits per heavy atom. The summed E-state index contributed by atoms with van der Waals surface area (Å²) in [6.45, 7) is 5.90.